The Labute approximate surface area is 159 Å². The lowest BCUT2D eigenvalue weighted by Gasteiger charge is -2.35. The first-order chi connectivity index (χ1) is 12.7. The predicted molar refractivity (Wildman–Crippen MR) is 102 cm³/mol. The molecule has 9 heteroatoms. The molecule has 146 valence electrons. The number of carbonyl (C=O) groups is 1. The molecule has 1 amide bonds. The van der Waals surface area contributed by atoms with Gasteiger partial charge in [0.2, 0.25) is 10.0 Å². The standard InChI is InChI=1S/C18H25N5O3S/c1-13-5-7-16(8-6-13)23-14(2)17(19-20-23)18(24)22-11-9-15(10-12-22)21(3)27(4,25)26/h5-8,15H,9-12H2,1-4H3. The monoisotopic (exact) mass is 391 g/mol. The Morgan fingerprint density at radius 2 is 1.74 bits per heavy atom. The Bertz CT molecular complexity index is 928. The Balaban J connectivity index is 1.72. The summed E-state index contributed by atoms with van der Waals surface area (Å²) in [5.74, 6) is -0.161. The van der Waals surface area contributed by atoms with Gasteiger partial charge in [0.25, 0.3) is 5.91 Å². The molecule has 0 saturated carbocycles. The number of sulfonamides is 1. The first-order valence-corrected chi connectivity index (χ1v) is 10.7. The predicted octanol–water partition coefficient (Wildman–Crippen LogP) is 1.38. The number of hydrogen-bond acceptors (Lipinski definition) is 5. The van der Waals surface area contributed by atoms with Crippen LogP contribution in [0.5, 0.6) is 0 Å². The number of likely N-dealkylation sites (tertiary alicyclic amines) is 1. The molecule has 8 nitrogen and oxygen atoms in total. The van der Waals surface area contributed by atoms with Crippen molar-refractivity contribution >= 4 is 15.9 Å². The molecule has 2 aromatic rings. The second kappa shape index (κ2) is 7.40. The van der Waals surface area contributed by atoms with Crippen LogP contribution in [0.15, 0.2) is 24.3 Å². The summed E-state index contributed by atoms with van der Waals surface area (Å²) in [5, 5.41) is 8.24. The second-order valence-corrected chi connectivity index (χ2v) is 9.12. The normalized spacial score (nSPS) is 16.1. The van der Waals surface area contributed by atoms with Gasteiger partial charge in [0.15, 0.2) is 5.69 Å². The van der Waals surface area contributed by atoms with E-state index in [1.54, 1.807) is 16.6 Å². The van der Waals surface area contributed by atoms with Crippen molar-refractivity contribution in [2.24, 2.45) is 0 Å². The van der Waals surface area contributed by atoms with Gasteiger partial charge in [-0.2, -0.15) is 0 Å². The van der Waals surface area contributed by atoms with Crippen molar-refractivity contribution in [1.29, 1.82) is 0 Å². The average molecular weight is 391 g/mol. The lowest BCUT2D eigenvalue weighted by Crippen LogP contribution is -2.47. The van der Waals surface area contributed by atoms with Crippen molar-refractivity contribution in [3.63, 3.8) is 0 Å². The molecule has 1 aromatic heterocycles. The summed E-state index contributed by atoms with van der Waals surface area (Å²) in [6, 6.07) is 7.78. The molecule has 0 N–H and O–H groups in total. The molecule has 1 aromatic carbocycles. The summed E-state index contributed by atoms with van der Waals surface area (Å²) < 4.78 is 26.4. The topological polar surface area (TPSA) is 88.4 Å². The van der Waals surface area contributed by atoms with E-state index in [0.29, 0.717) is 37.3 Å². The molecule has 0 aliphatic carbocycles. The molecule has 0 bridgehead atoms. The van der Waals surface area contributed by atoms with Gasteiger partial charge in [0, 0.05) is 26.2 Å². The van der Waals surface area contributed by atoms with Crippen LogP contribution in [0.25, 0.3) is 5.69 Å². The Morgan fingerprint density at radius 3 is 2.30 bits per heavy atom. The van der Waals surface area contributed by atoms with Crippen molar-refractivity contribution in [3.8, 4) is 5.69 Å². The first-order valence-electron chi connectivity index (χ1n) is 8.90. The fourth-order valence-corrected chi connectivity index (χ4v) is 4.06. The summed E-state index contributed by atoms with van der Waals surface area (Å²) in [6.07, 6.45) is 2.43. The summed E-state index contributed by atoms with van der Waals surface area (Å²) in [7, 11) is -1.63. The minimum Gasteiger partial charge on any atom is -0.337 e. The van der Waals surface area contributed by atoms with Crippen molar-refractivity contribution in [1.82, 2.24) is 24.2 Å². The molecule has 0 radical (unpaired) electrons. The van der Waals surface area contributed by atoms with Gasteiger partial charge in [-0.1, -0.05) is 22.9 Å². The molecule has 3 rings (SSSR count). The zero-order valence-corrected chi connectivity index (χ0v) is 16.9. The van der Waals surface area contributed by atoms with E-state index < -0.39 is 10.0 Å². The molecule has 1 aliphatic rings. The van der Waals surface area contributed by atoms with Gasteiger partial charge in [0.1, 0.15) is 0 Å². The van der Waals surface area contributed by atoms with Crippen LogP contribution in [-0.4, -0.2) is 71.0 Å². The van der Waals surface area contributed by atoms with E-state index in [1.165, 1.54) is 10.6 Å². The van der Waals surface area contributed by atoms with Gasteiger partial charge in [0.05, 0.1) is 17.6 Å². The number of benzene rings is 1. The third-order valence-electron chi connectivity index (χ3n) is 5.16. The summed E-state index contributed by atoms with van der Waals surface area (Å²) in [6.45, 7) is 4.84. The molecular formula is C18H25N5O3S. The zero-order valence-electron chi connectivity index (χ0n) is 16.1. The highest BCUT2D eigenvalue weighted by atomic mass is 32.2. The second-order valence-electron chi connectivity index (χ2n) is 7.07. The van der Waals surface area contributed by atoms with Gasteiger partial charge in [-0.25, -0.2) is 17.4 Å². The average Bonchev–Trinajstić information content (AvgIpc) is 3.02. The molecule has 0 spiro atoms. The van der Waals surface area contributed by atoms with Crippen molar-refractivity contribution in [3.05, 3.63) is 41.2 Å². The lowest BCUT2D eigenvalue weighted by molar-refractivity contribution is 0.0679. The van der Waals surface area contributed by atoms with Crippen LogP contribution in [0.1, 0.15) is 34.6 Å². The largest absolute Gasteiger partial charge is 0.337 e. The van der Waals surface area contributed by atoms with E-state index in [2.05, 4.69) is 10.3 Å². The lowest BCUT2D eigenvalue weighted by atomic mass is 10.0. The van der Waals surface area contributed by atoms with Crippen molar-refractivity contribution < 1.29 is 13.2 Å². The van der Waals surface area contributed by atoms with E-state index in [1.807, 2.05) is 38.1 Å². The van der Waals surface area contributed by atoms with Gasteiger partial charge >= 0.3 is 0 Å². The van der Waals surface area contributed by atoms with Gasteiger partial charge in [-0.15, -0.1) is 5.10 Å². The highest BCUT2D eigenvalue weighted by molar-refractivity contribution is 7.88. The molecule has 1 aliphatic heterocycles. The number of rotatable bonds is 4. The molecule has 1 fully saturated rings. The third-order valence-corrected chi connectivity index (χ3v) is 6.51. The van der Waals surface area contributed by atoms with Gasteiger partial charge in [-0.3, -0.25) is 4.79 Å². The van der Waals surface area contributed by atoms with Crippen LogP contribution < -0.4 is 0 Å². The summed E-state index contributed by atoms with van der Waals surface area (Å²) in [5.41, 5.74) is 3.04. The SMILES string of the molecule is Cc1ccc(-n2nnc(C(=O)N3CCC(N(C)S(C)(=O)=O)CC3)c2C)cc1. The molecule has 2 heterocycles. The number of aromatic nitrogens is 3. The molecule has 1 saturated heterocycles. The fraction of sp³-hybridized carbons (Fsp3) is 0.500. The maximum Gasteiger partial charge on any atom is 0.276 e. The van der Waals surface area contributed by atoms with Crippen molar-refractivity contribution in [2.45, 2.75) is 32.7 Å². The molecule has 0 atom stereocenters. The molecule has 0 unspecified atom stereocenters. The van der Waals surface area contributed by atoms with Crippen LogP contribution in [0.4, 0.5) is 0 Å². The number of nitrogens with zero attached hydrogens (tertiary/aromatic N) is 5. The number of hydrogen-bond donors (Lipinski definition) is 0. The van der Waals surface area contributed by atoms with Crippen LogP contribution in [0, 0.1) is 13.8 Å². The van der Waals surface area contributed by atoms with E-state index in [-0.39, 0.29) is 11.9 Å². The van der Waals surface area contributed by atoms with E-state index in [4.69, 9.17) is 0 Å². The zero-order chi connectivity index (χ0) is 19.8. The van der Waals surface area contributed by atoms with Crippen LogP contribution >= 0.6 is 0 Å². The maximum absolute atomic E-state index is 12.9. The van der Waals surface area contributed by atoms with Gasteiger partial charge in [-0.05, 0) is 38.8 Å². The van der Waals surface area contributed by atoms with Gasteiger partial charge < -0.3 is 4.90 Å². The molecule has 27 heavy (non-hydrogen) atoms. The van der Waals surface area contributed by atoms with E-state index in [0.717, 1.165) is 11.3 Å². The first kappa shape index (κ1) is 19.5. The fourth-order valence-electron chi connectivity index (χ4n) is 3.31. The molecular weight excluding hydrogens is 366 g/mol. The number of aryl methyl sites for hydroxylation is 1. The van der Waals surface area contributed by atoms with Crippen LogP contribution in [0.2, 0.25) is 0 Å². The maximum atomic E-state index is 12.9. The number of piperidine rings is 1. The van der Waals surface area contributed by atoms with E-state index in [9.17, 15) is 13.2 Å². The number of amides is 1. The summed E-state index contributed by atoms with van der Waals surface area (Å²) >= 11 is 0. The van der Waals surface area contributed by atoms with Crippen LogP contribution in [-0.2, 0) is 10.0 Å². The highest BCUT2D eigenvalue weighted by Crippen LogP contribution is 2.20. The minimum atomic E-state index is -3.23. The van der Waals surface area contributed by atoms with E-state index >= 15 is 0 Å². The minimum absolute atomic E-state index is 0.0756. The summed E-state index contributed by atoms with van der Waals surface area (Å²) in [4.78, 5) is 14.6. The van der Waals surface area contributed by atoms with Crippen LogP contribution in [0.3, 0.4) is 0 Å². The quantitative estimate of drug-likeness (QED) is 0.786. The smallest absolute Gasteiger partial charge is 0.276 e. The Morgan fingerprint density at radius 1 is 1.15 bits per heavy atom. The third kappa shape index (κ3) is 4.03. The Kier molecular flexibility index (Phi) is 5.34. The van der Waals surface area contributed by atoms with Crippen molar-refractivity contribution in [2.75, 3.05) is 26.4 Å². The number of carbonyl (C=O) groups excluding carboxylic acids is 1. The highest BCUT2D eigenvalue weighted by Gasteiger charge is 2.31. The Hall–Kier alpha value is -2.26.